The van der Waals surface area contributed by atoms with Crippen LogP contribution in [-0.2, 0) is 16.2 Å². The van der Waals surface area contributed by atoms with Gasteiger partial charge < -0.3 is 15.4 Å². The van der Waals surface area contributed by atoms with Crippen molar-refractivity contribution in [3.05, 3.63) is 75.7 Å². The van der Waals surface area contributed by atoms with Crippen LogP contribution in [0, 0.1) is 11.8 Å². The van der Waals surface area contributed by atoms with Crippen molar-refractivity contribution in [2.75, 3.05) is 18.8 Å². The van der Waals surface area contributed by atoms with E-state index in [0.29, 0.717) is 47.7 Å². The molecule has 0 aliphatic heterocycles. The van der Waals surface area contributed by atoms with E-state index in [4.69, 9.17) is 10.5 Å². The zero-order valence-corrected chi connectivity index (χ0v) is 20.6. The number of nitrogens with zero attached hydrogens (tertiary/aromatic N) is 2. The van der Waals surface area contributed by atoms with Gasteiger partial charge in [-0.15, -0.1) is 4.91 Å². The fourth-order valence-electron chi connectivity index (χ4n) is 3.52. The van der Waals surface area contributed by atoms with E-state index in [-0.39, 0.29) is 24.0 Å². The van der Waals surface area contributed by atoms with Crippen LogP contribution in [0.5, 0.6) is 5.75 Å². The molecule has 2 N–H and O–H groups in total. The average molecular weight is 464 g/mol. The van der Waals surface area contributed by atoms with Crippen molar-refractivity contribution in [2.24, 2.45) is 5.18 Å². The van der Waals surface area contributed by atoms with E-state index >= 15 is 0 Å². The third-order valence-corrected chi connectivity index (χ3v) is 5.51. The van der Waals surface area contributed by atoms with E-state index in [1.165, 1.54) is 6.92 Å². The van der Waals surface area contributed by atoms with Crippen LogP contribution in [0.25, 0.3) is 5.57 Å². The quantitative estimate of drug-likeness (QED) is 0.198. The van der Waals surface area contributed by atoms with Gasteiger partial charge in [0.25, 0.3) is 5.91 Å². The number of nitroso groups, excluding NO2 is 1. The zero-order valence-electron chi connectivity index (χ0n) is 20.6. The molecule has 0 saturated carbocycles. The van der Waals surface area contributed by atoms with Crippen molar-refractivity contribution < 1.29 is 14.3 Å². The molecule has 0 radical (unpaired) electrons. The highest BCUT2D eigenvalue weighted by Gasteiger charge is 2.21. The first-order chi connectivity index (χ1) is 16.2. The Morgan fingerprint density at radius 3 is 2.38 bits per heavy atom. The summed E-state index contributed by atoms with van der Waals surface area (Å²) in [5.41, 5.74) is 9.48. The minimum atomic E-state index is -0.145. The fourth-order valence-corrected chi connectivity index (χ4v) is 3.52. The number of amides is 1. The van der Waals surface area contributed by atoms with Gasteiger partial charge in [0, 0.05) is 24.2 Å². The van der Waals surface area contributed by atoms with Gasteiger partial charge >= 0.3 is 0 Å². The molecule has 0 heterocycles. The van der Waals surface area contributed by atoms with Gasteiger partial charge in [-0.25, -0.2) is 0 Å². The van der Waals surface area contributed by atoms with Gasteiger partial charge in [-0.05, 0) is 86.3 Å². The Labute approximate surface area is 201 Å². The number of anilines is 1. The Kier molecular flexibility index (Phi) is 9.74. The first-order valence-electron chi connectivity index (χ1n) is 11.4. The Hall–Kier alpha value is -3.74. The smallest absolute Gasteiger partial charge is 0.254 e. The number of rotatable bonds is 11. The molecule has 0 fully saturated rings. The summed E-state index contributed by atoms with van der Waals surface area (Å²) in [6.07, 6.45) is 4.19. The molecule has 0 aliphatic rings. The molecular formula is C27H33N3O4. The summed E-state index contributed by atoms with van der Waals surface area (Å²) in [6, 6.07) is 10.5. The molecule has 34 heavy (non-hydrogen) atoms. The summed E-state index contributed by atoms with van der Waals surface area (Å²) in [5.74, 6) is 0.313. The number of aryl methyl sites for hydroxylation is 1. The van der Waals surface area contributed by atoms with Crippen molar-refractivity contribution in [2.45, 2.75) is 47.6 Å². The molecule has 2 aromatic rings. The number of Topliss-reactive ketones (excluding diaryl/α,β-unsaturated/α-hetero) is 1. The minimum Gasteiger partial charge on any atom is -0.489 e. The number of benzene rings is 2. The second kappa shape index (κ2) is 12.5. The Morgan fingerprint density at radius 1 is 1.09 bits per heavy atom. The highest BCUT2D eigenvalue weighted by molar-refractivity contribution is 6.21. The highest BCUT2D eigenvalue weighted by Crippen LogP contribution is 2.29. The second-order valence-corrected chi connectivity index (χ2v) is 7.91. The summed E-state index contributed by atoms with van der Waals surface area (Å²) >= 11 is 0. The van der Waals surface area contributed by atoms with Crippen LogP contribution in [0.15, 0.2) is 59.3 Å². The third kappa shape index (κ3) is 6.63. The molecule has 1 amide bonds. The van der Waals surface area contributed by atoms with Gasteiger partial charge in [-0.3, -0.25) is 9.59 Å². The minimum absolute atomic E-state index is 0.0975. The van der Waals surface area contributed by atoms with E-state index in [2.05, 4.69) is 5.18 Å². The number of carbonyl (C=O) groups is 2. The SMILES string of the molecule is CC/C=C(/C=C(/C(=O)N(CC)CC)c1cc(OCc2ccc(N)c(N=O)c2)ccc1C)C(C)=O. The lowest BCUT2D eigenvalue weighted by Crippen LogP contribution is -2.31. The summed E-state index contributed by atoms with van der Waals surface area (Å²) in [6.45, 7) is 10.5. The van der Waals surface area contributed by atoms with E-state index in [0.717, 1.165) is 11.1 Å². The number of ether oxygens (including phenoxy) is 1. The normalized spacial score (nSPS) is 11.8. The predicted molar refractivity (Wildman–Crippen MR) is 137 cm³/mol. The van der Waals surface area contributed by atoms with Crippen LogP contribution in [0.1, 0.15) is 50.8 Å². The lowest BCUT2D eigenvalue weighted by Gasteiger charge is -2.22. The van der Waals surface area contributed by atoms with Crippen LogP contribution >= 0.6 is 0 Å². The van der Waals surface area contributed by atoms with Gasteiger partial charge in [0.1, 0.15) is 18.0 Å². The summed E-state index contributed by atoms with van der Waals surface area (Å²) < 4.78 is 5.95. The monoisotopic (exact) mass is 463 g/mol. The Bertz CT molecular complexity index is 1110. The molecule has 2 aromatic carbocycles. The van der Waals surface area contributed by atoms with Crippen molar-refractivity contribution in [1.29, 1.82) is 0 Å². The van der Waals surface area contributed by atoms with Gasteiger partial charge in [0.15, 0.2) is 5.78 Å². The molecule has 0 bridgehead atoms. The van der Waals surface area contributed by atoms with E-state index in [9.17, 15) is 14.5 Å². The van der Waals surface area contributed by atoms with Gasteiger partial charge in [-0.2, -0.15) is 0 Å². The van der Waals surface area contributed by atoms with Crippen LogP contribution in [0.3, 0.4) is 0 Å². The fraction of sp³-hybridized carbons (Fsp3) is 0.333. The first kappa shape index (κ1) is 26.5. The first-order valence-corrected chi connectivity index (χ1v) is 11.4. The molecule has 180 valence electrons. The Balaban J connectivity index is 2.49. The maximum absolute atomic E-state index is 13.4. The molecule has 2 rings (SSSR count). The van der Waals surface area contributed by atoms with E-state index in [1.54, 1.807) is 29.2 Å². The predicted octanol–water partition coefficient (Wildman–Crippen LogP) is 5.73. The summed E-state index contributed by atoms with van der Waals surface area (Å²) in [7, 11) is 0. The topological polar surface area (TPSA) is 102 Å². The molecule has 0 unspecified atom stereocenters. The number of hydrogen-bond donors (Lipinski definition) is 1. The van der Waals surface area contributed by atoms with Gasteiger partial charge in [0.05, 0.1) is 5.69 Å². The maximum atomic E-state index is 13.4. The lowest BCUT2D eigenvalue weighted by molar-refractivity contribution is -0.124. The second-order valence-electron chi connectivity index (χ2n) is 7.91. The number of ketones is 1. The van der Waals surface area contributed by atoms with Crippen molar-refractivity contribution in [3.8, 4) is 5.75 Å². The molecule has 0 saturated heterocycles. The van der Waals surface area contributed by atoms with Crippen molar-refractivity contribution in [1.82, 2.24) is 4.90 Å². The maximum Gasteiger partial charge on any atom is 0.254 e. The van der Waals surface area contributed by atoms with Gasteiger partial charge in [-0.1, -0.05) is 25.1 Å². The van der Waals surface area contributed by atoms with Crippen LogP contribution in [0.4, 0.5) is 11.4 Å². The molecule has 0 aromatic heterocycles. The van der Waals surface area contributed by atoms with Crippen molar-refractivity contribution in [3.63, 3.8) is 0 Å². The Morgan fingerprint density at radius 2 is 1.79 bits per heavy atom. The number of likely N-dealkylation sites (N-methyl/N-ethyl adjacent to an activating group) is 1. The molecule has 7 heteroatoms. The van der Waals surface area contributed by atoms with E-state index < -0.39 is 0 Å². The highest BCUT2D eigenvalue weighted by atomic mass is 16.5. The van der Waals surface area contributed by atoms with Gasteiger partial charge in [0.2, 0.25) is 0 Å². The molecule has 0 atom stereocenters. The van der Waals surface area contributed by atoms with Crippen molar-refractivity contribution >= 4 is 28.6 Å². The van der Waals surface area contributed by atoms with Crippen LogP contribution in [-0.4, -0.2) is 29.7 Å². The van der Waals surface area contributed by atoms with E-state index in [1.807, 2.05) is 52.0 Å². The summed E-state index contributed by atoms with van der Waals surface area (Å²) in [5, 5.41) is 2.93. The number of carbonyl (C=O) groups excluding carboxylic acids is 2. The molecular weight excluding hydrogens is 430 g/mol. The number of nitrogens with two attached hydrogens (primary N) is 1. The standard InChI is InChI=1S/C27H33N3O4/c1-6-9-21(19(5)31)15-24(27(32)30(7-2)8-3)23-16-22(12-10-18(23)4)34-17-20-11-13-25(28)26(14-20)29-33/h9-16H,6-8,17,28H2,1-5H3/b21-9-,24-15+. The van der Waals surface area contributed by atoms with Crippen LogP contribution < -0.4 is 10.5 Å². The number of hydrogen-bond acceptors (Lipinski definition) is 6. The molecule has 0 spiro atoms. The molecule has 0 aliphatic carbocycles. The average Bonchev–Trinajstić information content (AvgIpc) is 2.82. The number of nitrogen functional groups attached to an aromatic ring is 1. The zero-order chi connectivity index (χ0) is 25.3. The number of allylic oxidation sites excluding steroid dienone is 3. The lowest BCUT2D eigenvalue weighted by atomic mass is 9.95. The largest absolute Gasteiger partial charge is 0.489 e. The third-order valence-electron chi connectivity index (χ3n) is 5.51. The summed E-state index contributed by atoms with van der Waals surface area (Å²) in [4.78, 5) is 38.3. The van der Waals surface area contributed by atoms with Crippen LogP contribution in [0.2, 0.25) is 0 Å². The molecule has 7 nitrogen and oxygen atoms in total.